The molecule has 0 unspecified atom stereocenters. The third-order valence-corrected chi connectivity index (χ3v) is 2.25. The molecule has 2 heteroatoms. The molecule has 2 aromatic carbocycles. The molecule has 0 spiro atoms. The number of benzene rings is 2. The van der Waals surface area contributed by atoms with E-state index in [1.54, 1.807) is 24.3 Å². The summed E-state index contributed by atoms with van der Waals surface area (Å²) >= 11 is 0. The van der Waals surface area contributed by atoms with Gasteiger partial charge in [0.25, 0.3) is 0 Å². The molecule has 0 heterocycles. The van der Waals surface area contributed by atoms with Gasteiger partial charge in [-0.3, -0.25) is 0 Å². The predicted octanol–water partition coefficient (Wildman–Crippen LogP) is 3.27. The van der Waals surface area contributed by atoms with Gasteiger partial charge in [0, 0.05) is 0 Å². The van der Waals surface area contributed by atoms with Crippen molar-refractivity contribution < 1.29 is 10.2 Å². The lowest BCUT2D eigenvalue weighted by atomic mass is 10.1. The topological polar surface area (TPSA) is 40.5 Å². The molecule has 0 aliphatic carbocycles. The Balaban J connectivity index is 2.15. The van der Waals surface area contributed by atoms with Crippen LogP contribution in [0.1, 0.15) is 11.1 Å². The van der Waals surface area contributed by atoms with Crippen molar-refractivity contribution in [1.29, 1.82) is 0 Å². The largest absolute Gasteiger partial charge is 0.508 e. The van der Waals surface area contributed by atoms with Gasteiger partial charge < -0.3 is 10.2 Å². The van der Waals surface area contributed by atoms with E-state index in [1.165, 1.54) is 0 Å². The molecule has 0 saturated carbocycles. The van der Waals surface area contributed by atoms with Crippen molar-refractivity contribution in [2.24, 2.45) is 0 Å². The smallest absolute Gasteiger partial charge is 0.115 e. The molecule has 16 heavy (non-hydrogen) atoms. The zero-order chi connectivity index (χ0) is 11.4. The van der Waals surface area contributed by atoms with E-state index in [9.17, 15) is 0 Å². The summed E-state index contributed by atoms with van der Waals surface area (Å²) in [5.41, 5.74) is 2.04. The highest BCUT2D eigenvalue weighted by molar-refractivity contribution is 5.69. The Bertz CT molecular complexity index is 434. The van der Waals surface area contributed by atoms with E-state index in [2.05, 4.69) is 0 Å². The molecule has 0 saturated heterocycles. The summed E-state index contributed by atoms with van der Waals surface area (Å²) in [6.45, 7) is 0. The van der Waals surface area contributed by atoms with Crippen molar-refractivity contribution in [1.82, 2.24) is 0 Å². The molecule has 80 valence electrons. The van der Waals surface area contributed by atoms with Crippen molar-refractivity contribution >= 4 is 12.2 Å². The number of phenolic OH excluding ortho intramolecular Hbond substituents is 2. The molecule has 0 radical (unpaired) electrons. The summed E-state index contributed by atoms with van der Waals surface area (Å²) < 4.78 is 0. The first kappa shape index (κ1) is 10.3. The fraction of sp³-hybridized carbons (Fsp3) is 0. The molecule has 0 fully saturated rings. The normalized spacial score (nSPS) is 10.8. The molecule has 0 bridgehead atoms. The average molecular weight is 212 g/mol. The van der Waals surface area contributed by atoms with E-state index < -0.39 is 0 Å². The van der Waals surface area contributed by atoms with Gasteiger partial charge in [-0.25, -0.2) is 0 Å². The lowest BCUT2D eigenvalue weighted by molar-refractivity contribution is 0.474. The molecule has 0 amide bonds. The molecule has 2 N–H and O–H groups in total. The maximum absolute atomic E-state index is 9.12. The Kier molecular flexibility index (Phi) is 2.92. The van der Waals surface area contributed by atoms with Crippen LogP contribution in [0.15, 0.2) is 48.5 Å². The highest BCUT2D eigenvalue weighted by Gasteiger charge is 1.90. The Hall–Kier alpha value is -2.22. The second-order valence-electron chi connectivity index (χ2n) is 3.52. The minimum atomic E-state index is 0.266. The molecule has 0 aliphatic rings. The lowest BCUT2D eigenvalue weighted by Crippen LogP contribution is -1.72. The number of phenols is 2. The van der Waals surface area contributed by atoms with Crippen LogP contribution >= 0.6 is 0 Å². The molecule has 2 nitrogen and oxygen atoms in total. The molecular formula is C14H12O2. The molecule has 0 aliphatic heterocycles. The monoisotopic (exact) mass is 212 g/mol. The zero-order valence-electron chi connectivity index (χ0n) is 8.67. The van der Waals surface area contributed by atoms with Crippen LogP contribution in [-0.2, 0) is 0 Å². The Morgan fingerprint density at radius 1 is 0.562 bits per heavy atom. The van der Waals surface area contributed by atoms with Crippen LogP contribution in [0.4, 0.5) is 0 Å². The van der Waals surface area contributed by atoms with Gasteiger partial charge in [0.1, 0.15) is 11.5 Å². The van der Waals surface area contributed by atoms with Crippen LogP contribution in [-0.4, -0.2) is 10.2 Å². The van der Waals surface area contributed by atoms with Gasteiger partial charge in [-0.05, 0) is 35.4 Å². The summed E-state index contributed by atoms with van der Waals surface area (Å²) in [7, 11) is 0. The van der Waals surface area contributed by atoms with E-state index in [0.29, 0.717) is 0 Å². The first-order valence-electron chi connectivity index (χ1n) is 5.00. The van der Waals surface area contributed by atoms with E-state index in [-0.39, 0.29) is 11.5 Å². The third-order valence-electron chi connectivity index (χ3n) is 2.25. The van der Waals surface area contributed by atoms with E-state index in [1.807, 2.05) is 36.4 Å². The third kappa shape index (κ3) is 2.64. The highest BCUT2D eigenvalue weighted by Crippen LogP contribution is 2.14. The minimum absolute atomic E-state index is 0.266. The summed E-state index contributed by atoms with van der Waals surface area (Å²) in [6, 6.07) is 14.0. The van der Waals surface area contributed by atoms with Crippen molar-refractivity contribution in [3.8, 4) is 11.5 Å². The average Bonchev–Trinajstić information content (AvgIpc) is 2.30. The second-order valence-corrected chi connectivity index (χ2v) is 3.52. The summed E-state index contributed by atoms with van der Waals surface area (Å²) in [5, 5.41) is 18.2. The Morgan fingerprint density at radius 3 is 1.19 bits per heavy atom. The van der Waals surface area contributed by atoms with Crippen molar-refractivity contribution in [2.75, 3.05) is 0 Å². The summed E-state index contributed by atoms with van der Waals surface area (Å²) in [5.74, 6) is 0.531. The number of hydrogen-bond acceptors (Lipinski definition) is 2. The van der Waals surface area contributed by atoms with Crippen molar-refractivity contribution in [3.63, 3.8) is 0 Å². The van der Waals surface area contributed by atoms with Gasteiger partial charge in [-0.15, -0.1) is 0 Å². The minimum Gasteiger partial charge on any atom is -0.508 e. The quantitative estimate of drug-likeness (QED) is 0.750. The van der Waals surface area contributed by atoms with Crippen LogP contribution in [0.5, 0.6) is 11.5 Å². The van der Waals surface area contributed by atoms with E-state index in [4.69, 9.17) is 10.2 Å². The Labute approximate surface area is 94.1 Å². The van der Waals surface area contributed by atoms with Crippen LogP contribution in [0.2, 0.25) is 0 Å². The fourth-order valence-electron chi connectivity index (χ4n) is 1.36. The van der Waals surface area contributed by atoms with Gasteiger partial charge in [0.05, 0.1) is 0 Å². The molecule has 0 atom stereocenters. The maximum atomic E-state index is 9.12. The summed E-state index contributed by atoms with van der Waals surface area (Å²) in [6.07, 6.45) is 3.90. The second kappa shape index (κ2) is 4.53. The van der Waals surface area contributed by atoms with E-state index >= 15 is 0 Å². The zero-order valence-corrected chi connectivity index (χ0v) is 8.67. The lowest BCUT2D eigenvalue weighted by Gasteiger charge is -1.96. The van der Waals surface area contributed by atoms with Gasteiger partial charge in [0.15, 0.2) is 0 Å². The Morgan fingerprint density at radius 2 is 0.875 bits per heavy atom. The van der Waals surface area contributed by atoms with Crippen LogP contribution in [0.25, 0.3) is 12.2 Å². The SMILES string of the molecule is Oc1ccc(/C=C\c2ccc(O)cc2)cc1. The van der Waals surface area contributed by atoms with Crippen LogP contribution in [0.3, 0.4) is 0 Å². The molecule has 2 aromatic rings. The first-order valence-corrected chi connectivity index (χ1v) is 5.00. The maximum Gasteiger partial charge on any atom is 0.115 e. The van der Waals surface area contributed by atoms with Crippen LogP contribution < -0.4 is 0 Å². The predicted molar refractivity (Wildman–Crippen MR) is 65.1 cm³/mol. The molecular weight excluding hydrogens is 200 g/mol. The van der Waals surface area contributed by atoms with Gasteiger partial charge in [-0.1, -0.05) is 36.4 Å². The first-order chi connectivity index (χ1) is 7.74. The summed E-state index contributed by atoms with van der Waals surface area (Å²) in [4.78, 5) is 0. The van der Waals surface area contributed by atoms with Gasteiger partial charge >= 0.3 is 0 Å². The number of aromatic hydroxyl groups is 2. The van der Waals surface area contributed by atoms with Crippen molar-refractivity contribution in [3.05, 3.63) is 59.7 Å². The van der Waals surface area contributed by atoms with Crippen LogP contribution in [0, 0.1) is 0 Å². The van der Waals surface area contributed by atoms with Gasteiger partial charge in [0.2, 0.25) is 0 Å². The van der Waals surface area contributed by atoms with E-state index in [0.717, 1.165) is 11.1 Å². The number of hydrogen-bond donors (Lipinski definition) is 2. The fourth-order valence-corrected chi connectivity index (χ4v) is 1.36. The molecule has 2 rings (SSSR count). The molecule has 0 aromatic heterocycles. The van der Waals surface area contributed by atoms with Gasteiger partial charge in [-0.2, -0.15) is 0 Å². The number of rotatable bonds is 2. The standard InChI is InChI=1S/C14H12O2/c15-13-7-3-11(4-8-13)1-2-12-5-9-14(16)10-6-12/h1-10,15-16H/b2-1-. The van der Waals surface area contributed by atoms with Crippen molar-refractivity contribution in [2.45, 2.75) is 0 Å². The highest BCUT2D eigenvalue weighted by atomic mass is 16.3.